The second-order valence-corrected chi connectivity index (χ2v) is 2.53. The summed E-state index contributed by atoms with van der Waals surface area (Å²) in [6.07, 6.45) is 0. The summed E-state index contributed by atoms with van der Waals surface area (Å²) in [4.78, 5) is 22.4. The molecule has 0 fully saturated rings. The zero-order chi connectivity index (χ0) is 10.6. The number of hydrogen-bond donors (Lipinski definition) is 0. The normalized spacial score (nSPS) is 6.84. The van der Waals surface area contributed by atoms with Crippen LogP contribution in [0.25, 0.3) is 0 Å². The van der Waals surface area contributed by atoms with Gasteiger partial charge in [0.15, 0.2) is 0 Å². The van der Waals surface area contributed by atoms with Crippen molar-refractivity contribution in [2.45, 2.75) is 0 Å². The minimum absolute atomic E-state index is 0. The van der Waals surface area contributed by atoms with Gasteiger partial charge in [-0.05, 0) is 12.1 Å². The van der Waals surface area contributed by atoms with Crippen molar-refractivity contribution in [2.75, 3.05) is 14.2 Å². The second kappa shape index (κ2) is 15.3. The molecule has 0 radical (unpaired) electrons. The molecule has 0 aliphatic carbocycles. The SMILES string of the molecule is COC(=O)c1ccccc1C(=O)OC.[Fe+2].[O-2].[O-2].[O-2].[Ti+4]. The van der Waals surface area contributed by atoms with E-state index in [-0.39, 0.29) is 66.3 Å². The Hall–Kier alpha value is -0.726. The molecule has 0 saturated heterocycles. The van der Waals surface area contributed by atoms with Crippen LogP contribution in [0.15, 0.2) is 24.3 Å². The van der Waals surface area contributed by atoms with Crippen LogP contribution in [0.4, 0.5) is 0 Å². The Balaban J connectivity index is -0.000000131. The molecule has 0 aromatic heterocycles. The molecule has 0 bridgehead atoms. The molecule has 1 aromatic carbocycles. The Kier molecular flexibility index (Phi) is 25.0. The summed E-state index contributed by atoms with van der Waals surface area (Å²) >= 11 is 0. The summed E-state index contributed by atoms with van der Waals surface area (Å²) in [6.45, 7) is 0. The summed E-state index contributed by atoms with van der Waals surface area (Å²) < 4.78 is 9.05. The van der Waals surface area contributed by atoms with Crippen LogP contribution in [-0.2, 0) is 64.7 Å². The molecule has 19 heavy (non-hydrogen) atoms. The largest absolute Gasteiger partial charge is 4.00 e. The minimum atomic E-state index is -0.550. The van der Waals surface area contributed by atoms with Gasteiger partial charge in [0, 0.05) is 0 Å². The van der Waals surface area contributed by atoms with Gasteiger partial charge >= 0.3 is 50.7 Å². The molecule has 0 aliphatic rings. The molecule has 0 saturated carbocycles. The van der Waals surface area contributed by atoms with E-state index in [1.54, 1.807) is 12.1 Å². The molecule has 1 aromatic rings. The Morgan fingerprint density at radius 2 is 1.11 bits per heavy atom. The van der Waals surface area contributed by atoms with Crippen LogP contribution in [0.5, 0.6) is 0 Å². The van der Waals surface area contributed by atoms with Crippen LogP contribution in [0.1, 0.15) is 20.7 Å². The van der Waals surface area contributed by atoms with E-state index in [9.17, 15) is 9.59 Å². The standard InChI is InChI=1S/C10H10O4.Fe.3O.Ti/c1-13-9(11)7-5-3-4-6-8(7)10(12)14-2;;;;;/h3-6H,1-2H3;;;;;/q;+2;3*-2;+4. The molecule has 1 rings (SSSR count). The van der Waals surface area contributed by atoms with E-state index < -0.39 is 11.9 Å². The number of hydrogen-bond acceptors (Lipinski definition) is 4. The first-order valence-electron chi connectivity index (χ1n) is 3.96. The zero-order valence-electron chi connectivity index (χ0n) is 10.0. The summed E-state index contributed by atoms with van der Waals surface area (Å²) in [5, 5.41) is 0. The summed E-state index contributed by atoms with van der Waals surface area (Å²) in [5.41, 5.74) is 0.420. The predicted molar refractivity (Wildman–Crippen MR) is 51.2 cm³/mol. The third-order valence-corrected chi connectivity index (χ3v) is 1.74. The molecule has 0 unspecified atom stereocenters. The molecule has 0 spiro atoms. The molecule has 0 heterocycles. The van der Waals surface area contributed by atoms with Gasteiger partial charge in [-0.1, -0.05) is 12.1 Å². The van der Waals surface area contributed by atoms with Gasteiger partial charge in [-0.15, -0.1) is 0 Å². The number of ether oxygens (including phenoxy) is 2. The van der Waals surface area contributed by atoms with Crippen molar-refractivity contribution in [1.82, 2.24) is 0 Å². The fourth-order valence-corrected chi connectivity index (χ4v) is 1.06. The van der Waals surface area contributed by atoms with Crippen molar-refractivity contribution in [2.24, 2.45) is 0 Å². The third kappa shape index (κ3) is 8.12. The summed E-state index contributed by atoms with van der Waals surface area (Å²) in [5.74, 6) is -1.10. The molecule has 0 amide bonds. The first kappa shape index (κ1) is 30.9. The average Bonchev–Trinajstić information content (AvgIpc) is 2.27. The number of methoxy groups -OCH3 is 2. The number of esters is 2. The maximum Gasteiger partial charge on any atom is 4.00 e. The fourth-order valence-electron chi connectivity index (χ4n) is 1.06. The minimum Gasteiger partial charge on any atom is -2.00 e. The van der Waals surface area contributed by atoms with Crippen molar-refractivity contribution in [3.63, 3.8) is 0 Å². The summed E-state index contributed by atoms with van der Waals surface area (Å²) in [7, 11) is 2.52. The maximum atomic E-state index is 11.2. The van der Waals surface area contributed by atoms with Crippen molar-refractivity contribution in [1.29, 1.82) is 0 Å². The van der Waals surface area contributed by atoms with Crippen LogP contribution < -0.4 is 0 Å². The van der Waals surface area contributed by atoms with Crippen molar-refractivity contribution in [3.05, 3.63) is 35.4 Å². The van der Waals surface area contributed by atoms with Crippen LogP contribution in [0.3, 0.4) is 0 Å². The first-order chi connectivity index (χ1) is 6.70. The Labute approximate surface area is 135 Å². The van der Waals surface area contributed by atoms with E-state index in [0.717, 1.165) is 0 Å². The monoisotopic (exact) mass is 346 g/mol. The van der Waals surface area contributed by atoms with Crippen molar-refractivity contribution >= 4 is 11.9 Å². The van der Waals surface area contributed by atoms with Gasteiger partial charge in [-0.3, -0.25) is 0 Å². The molecule has 104 valence electrons. The molecule has 7 nitrogen and oxygen atoms in total. The van der Waals surface area contributed by atoms with Gasteiger partial charge < -0.3 is 25.9 Å². The van der Waals surface area contributed by atoms with Gasteiger partial charge in [0.05, 0.1) is 25.3 Å². The number of benzene rings is 1. The quantitative estimate of drug-likeness (QED) is 0.580. The van der Waals surface area contributed by atoms with Gasteiger partial charge in [0.2, 0.25) is 0 Å². The van der Waals surface area contributed by atoms with Crippen LogP contribution >= 0.6 is 0 Å². The van der Waals surface area contributed by atoms with Gasteiger partial charge in [-0.2, -0.15) is 0 Å². The first-order valence-corrected chi connectivity index (χ1v) is 3.96. The Morgan fingerprint density at radius 3 is 1.32 bits per heavy atom. The van der Waals surface area contributed by atoms with E-state index in [0.29, 0.717) is 0 Å². The average molecular weight is 346 g/mol. The topological polar surface area (TPSA) is 138 Å². The Bertz CT molecular complexity index is 338. The molecule has 9 heteroatoms. The zero-order valence-corrected chi connectivity index (χ0v) is 12.7. The van der Waals surface area contributed by atoms with Crippen LogP contribution in [0.2, 0.25) is 0 Å². The number of carbonyl (C=O) groups excluding carboxylic acids is 2. The van der Waals surface area contributed by atoms with Gasteiger partial charge in [-0.25, -0.2) is 9.59 Å². The van der Waals surface area contributed by atoms with E-state index in [2.05, 4.69) is 9.47 Å². The molecule has 0 aliphatic heterocycles. The second-order valence-electron chi connectivity index (χ2n) is 2.53. The molecule has 0 atom stereocenters. The van der Waals surface area contributed by atoms with E-state index in [1.165, 1.54) is 26.4 Å². The molecular weight excluding hydrogens is 336 g/mol. The van der Waals surface area contributed by atoms with E-state index in [4.69, 9.17) is 0 Å². The number of carbonyl (C=O) groups is 2. The third-order valence-electron chi connectivity index (χ3n) is 1.74. The summed E-state index contributed by atoms with van der Waals surface area (Å²) in [6, 6.07) is 6.33. The fraction of sp³-hybridized carbons (Fsp3) is 0.200. The van der Waals surface area contributed by atoms with Gasteiger partial charge in [0.25, 0.3) is 0 Å². The number of rotatable bonds is 2. The van der Waals surface area contributed by atoms with Crippen LogP contribution in [-0.4, -0.2) is 26.2 Å². The van der Waals surface area contributed by atoms with E-state index >= 15 is 0 Å². The Morgan fingerprint density at radius 1 is 0.842 bits per heavy atom. The smallest absolute Gasteiger partial charge is 2.00 e. The molecular formula is C10H10FeO7Ti. The van der Waals surface area contributed by atoms with Crippen molar-refractivity contribution in [3.8, 4) is 0 Å². The van der Waals surface area contributed by atoms with E-state index in [1.807, 2.05) is 0 Å². The molecule has 0 N–H and O–H groups in total. The maximum absolute atomic E-state index is 11.2. The van der Waals surface area contributed by atoms with Crippen molar-refractivity contribution < 1.29 is 74.3 Å². The van der Waals surface area contributed by atoms with Crippen LogP contribution in [0, 0.1) is 0 Å². The van der Waals surface area contributed by atoms with Gasteiger partial charge in [0.1, 0.15) is 0 Å². The predicted octanol–water partition coefficient (Wildman–Crippen LogP) is 0.898.